The third-order valence-corrected chi connectivity index (χ3v) is 4.28. The van der Waals surface area contributed by atoms with Crippen molar-refractivity contribution in [3.8, 4) is 0 Å². The van der Waals surface area contributed by atoms with E-state index in [1.165, 1.54) is 6.07 Å². The van der Waals surface area contributed by atoms with Gasteiger partial charge in [0.1, 0.15) is 11.6 Å². The van der Waals surface area contributed by atoms with Crippen LogP contribution in [0, 0.1) is 12.7 Å². The molecule has 21 heavy (non-hydrogen) atoms. The van der Waals surface area contributed by atoms with Gasteiger partial charge in [-0.05, 0) is 28.9 Å². The number of halogens is 3. The van der Waals surface area contributed by atoms with E-state index < -0.39 is 0 Å². The molecule has 0 unspecified atom stereocenters. The molecule has 0 amide bonds. The minimum Gasteiger partial charge on any atom is -0.322 e. The first-order chi connectivity index (χ1) is 9.99. The third kappa shape index (κ3) is 2.58. The van der Waals surface area contributed by atoms with Crippen LogP contribution in [-0.4, -0.2) is 19.3 Å². The molecule has 0 fully saturated rings. The second-order valence-electron chi connectivity index (χ2n) is 4.92. The zero-order valence-electron chi connectivity index (χ0n) is 11.6. The smallest absolute Gasteiger partial charge is 0.139 e. The fraction of sp³-hybridized carbons (Fsp3) is 0.286. The van der Waals surface area contributed by atoms with E-state index in [4.69, 9.17) is 11.6 Å². The molecule has 2 aromatic heterocycles. The zero-order chi connectivity index (χ0) is 15.1. The van der Waals surface area contributed by atoms with Gasteiger partial charge in [0.25, 0.3) is 0 Å². The largest absolute Gasteiger partial charge is 0.322 e. The highest BCUT2D eigenvalue weighted by molar-refractivity contribution is 9.10. The second kappa shape index (κ2) is 5.42. The molecule has 0 aliphatic heterocycles. The molecule has 0 aliphatic rings. The summed E-state index contributed by atoms with van der Waals surface area (Å²) in [5, 5.41) is 4.33. The van der Waals surface area contributed by atoms with Gasteiger partial charge < -0.3 is 4.57 Å². The minimum atomic E-state index is -0.312. The van der Waals surface area contributed by atoms with Crippen LogP contribution in [0.5, 0.6) is 0 Å². The number of aryl methyl sites for hydroxylation is 2. The average Bonchev–Trinajstić information content (AvgIpc) is 2.92. The van der Waals surface area contributed by atoms with Crippen molar-refractivity contribution in [2.75, 3.05) is 0 Å². The maximum Gasteiger partial charge on any atom is 0.139 e. The van der Waals surface area contributed by atoms with E-state index in [-0.39, 0.29) is 11.7 Å². The second-order valence-corrected chi connectivity index (χ2v) is 6.04. The molecule has 7 heteroatoms. The lowest BCUT2D eigenvalue weighted by molar-refractivity contribution is 0.621. The van der Waals surface area contributed by atoms with Crippen LogP contribution >= 0.6 is 27.5 Å². The molecule has 0 saturated heterocycles. The number of alkyl halides is 1. The van der Waals surface area contributed by atoms with Gasteiger partial charge in [-0.1, -0.05) is 0 Å². The van der Waals surface area contributed by atoms with E-state index in [9.17, 15) is 4.39 Å². The summed E-state index contributed by atoms with van der Waals surface area (Å²) in [7, 11) is 1.88. The molecule has 0 bridgehead atoms. The van der Waals surface area contributed by atoms with Gasteiger partial charge in [0.15, 0.2) is 0 Å². The Morgan fingerprint density at radius 2 is 2.14 bits per heavy atom. The number of hydrogen-bond donors (Lipinski definition) is 0. The Balaban J connectivity index is 2.16. The summed E-state index contributed by atoms with van der Waals surface area (Å²) in [5.41, 5.74) is 3.46. The number of imidazole rings is 1. The van der Waals surface area contributed by atoms with Gasteiger partial charge in [-0.15, -0.1) is 11.6 Å². The fourth-order valence-corrected chi connectivity index (χ4v) is 2.96. The van der Waals surface area contributed by atoms with Gasteiger partial charge in [0, 0.05) is 24.9 Å². The summed E-state index contributed by atoms with van der Waals surface area (Å²) >= 11 is 9.17. The highest BCUT2D eigenvalue weighted by atomic mass is 79.9. The lowest BCUT2D eigenvalue weighted by Gasteiger charge is -2.07. The Morgan fingerprint density at radius 3 is 2.76 bits per heavy atom. The predicted octanol–water partition coefficient (Wildman–Crippen LogP) is 3.77. The van der Waals surface area contributed by atoms with Crippen LogP contribution in [0.3, 0.4) is 0 Å². The summed E-state index contributed by atoms with van der Waals surface area (Å²) in [6, 6.07) is 3.15. The van der Waals surface area contributed by atoms with Crippen molar-refractivity contribution in [3.63, 3.8) is 0 Å². The topological polar surface area (TPSA) is 35.6 Å². The van der Waals surface area contributed by atoms with Crippen molar-refractivity contribution in [2.24, 2.45) is 7.05 Å². The van der Waals surface area contributed by atoms with Gasteiger partial charge in [0.2, 0.25) is 0 Å². The van der Waals surface area contributed by atoms with Crippen molar-refractivity contribution < 1.29 is 4.39 Å². The molecule has 0 N–H and O–H groups in total. The molecule has 1 aromatic carbocycles. The fourth-order valence-electron chi connectivity index (χ4n) is 2.42. The molecule has 0 spiro atoms. The van der Waals surface area contributed by atoms with Gasteiger partial charge in [-0.25, -0.2) is 9.37 Å². The van der Waals surface area contributed by atoms with Gasteiger partial charge in [-0.3, -0.25) is 4.68 Å². The highest BCUT2D eigenvalue weighted by Crippen LogP contribution is 2.26. The lowest BCUT2D eigenvalue weighted by atomic mass is 10.2. The lowest BCUT2D eigenvalue weighted by Crippen LogP contribution is -2.04. The van der Waals surface area contributed by atoms with E-state index in [0.717, 1.165) is 22.3 Å². The summed E-state index contributed by atoms with van der Waals surface area (Å²) in [6.45, 7) is 2.52. The monoisotopic (exact) mass is 370 g/mol. The molecule has 3 aromatic rings. The van der Waals surface area contributed by atoms with Crippen LogP contribution in [-0.2, 0) is 19.5 Å². The average molecular weight is 372 g/mol. The molecule has 0 aliphatic carbocycles. The number of rotatable bonds is 3. The normalized spacial score (nSPS) is 11.5. The Morgan fingerprint density at radius 1 is 1.38 bits per heavy atom. The molecular weight excluding hydrogens is 359 g/mol. The van der Waals surface area contributed by atoms with Gasteiger partial charge in [0.05, 0.1) is 33.6 Å². The van der Waals surface area contributed by atoms with Crippen LogP contribution in [0.4, 0.5) is 4.39 Å². The van der Waals surface area contributed by atoms with Crippen molar-refractivity contribution in [1.82, 2.24) is 19.3 Å². The Kier molecular flexibility index (Phi) is 3.75. The first-order valence-electron chi connectivity index (χ1n) is 6.39. The van der Waals surface area contributed by atoms with E-state index in [2.05, 4.69) is 26.0 Å². The van der Waals surface area contributed by atoms with Crippen molar-refractivity contribution in [1.29, 1.82) is 0 Å². The molecule has 4 nitrogen and oxygen atoms in total. The summed E-state index contributed by atoms with van der Waals surface area (Å²) in [5.74, 6) is 0.674. The van der Waals surface area contributed by atoms with Crippen LogP contribution in [0.25, 0.3) is 11.0 Å². The van der Waals surface area contributed by atoms with E-state index in [1.54, 1.807) is 10.7 Å². The number of aromatic nitrogens is 4. The first kappa shape index (κ1) is 14.5. The maximum absolute atomic E-state index is 13.8. The SMILES string of the molecule is Cc1nn(C)cc1Cn1c(CCl)nc2cc(Br)c(F)cc21. The molecule has 3 rings (SSSR count). The summed E-state index contributed by atoms with van der Waals surface area (Å²) in [6.07, 6.45) is 1.95. The predicted molar refractivity (Wildman–Crippen MR) is 84.0 cm³/mol. The summed E-state index contributed by atoms with van der Waals surface area (Å²) < 4.78 is 17.9. The molecule has 110 valence electrons. The minimum absolute atomic E-state index is 0.271. The summed E-state index contributed by atoms with van der Waals surface area (Å²) in [4.78, 5) is 4.47. The zero-order valence-corrected chi connectivity index (χ0v) is 13.9. The van der Waals surface area contributed by atoms with Gasteiger partial charge >= 0.3 is 0 Å². The quantitative estimate of drug-likeness (QED) is 0.657. The molecular formula is C14H13BrClFN4. The molecule has 2 heterocycles. The number of benzene rings is 1. The molecule has 0 radical (unpaired) electrons. The van der Waals surface area contributed by atoms with Crippen LogP contribution in [0.2, 0.25) is 0 Å². The third-order valence-electron chi connectivity index (χ3n) is 3.43. The molecule has 0 atom stereocenters. The maximum atomic E-state index is 13.8. The van der Waals surface area contributed by atoms with E-state index >= 15 is 0 Å². The number of fused-ring (bicyclic) bond motifs is 1. The van der Waals surface area contributed by atoms with E-state index in [0.29, 0.717) is 16.8 Å². The Labute approximate surface area is 134 Å². The highest BCUT2D eigenvalue weighted by Gasteiger charge is 2.15. The van der Waals surface area contributed by atoms with E-state index in [1.807, 2.05) is 24.7 Å². The Bertz CT molecular complexity index is 824. The standard InChI is InChI=1S/C14H13BrClFN4/c1-8-9(6-20(2)19-8)7-21-13-4-11(17)10(15)3-12(13)18-14(21)5-16/h3-4,6H,5,7H2,1-2H3. The first-order valence-corrected chi connectivity index (χ1v) is 7.71. The number of nitrogens with zero attached hydrogens (tertiary/aromatic N) is 4. The van der Waals surface area contributed by atoms with Crippen LogP contribution < -0.4 is 0 Å². The van der Waals surface area contributed by atoms with Crippen molar-refractivity contribution in [3.05, 3.63) is 45.7 Å². The van der Waals surface area contributed by atoms with Crippen LogP contribution in [0.15, 0.2) is 22.8 Å². The van der Waals surface area contributed by atoms with Crippen LogP contribution in [0.1, 0.15) is 17.1 Å². The molecule has 0 saturated carbocycles. The Hall–Kier alpha value is -1.40. The van der Waals surface area contributed by atoms with Crippen molar-refractivity contribution in [2.45, 2.75) is 19.3 Å². The van der Waals surface area contributed by atoms with Crippen molar-refractivity contribution >= 4 is 38.6 Å². The van der Waals surface area contributed by atoms with Gasteiger partial charge in [-0.2, -0.15) is 5.10 Å². The number of hydrogen-bond acceptors (Lipinski definition) is 2.